The fourth-order valence-electron chi connectivity index (χ4n) is 3.16. The molecule has 1 atom stereocenters. The molecule has 1 aliphatic heterocycles. The Bertz CT molecular complexity index is 919. The van der Waals surface area contributed by atoms with Crippen LogP contribution in [-0.4, -0.2) is 28.8 Å². The van der Waals surface area contributed by atoms with E-state index in [1.807, 2.05) is 37.3 Å². The van der Waals surface area contributed by atoms with E-state index < -0.39 is 0 Å². The Kier molecular flexibility index (Phi) is 5.02. The Balaban J connectivity index is 1.59. The molecule has 2 aromatic heterocycles. The average molecular weight is 366 g/mol. The fourth-order valence-corrected chi connectivity index (χ4v) is 3.16. The molecule has 3 heterocycles. The van der Waals surface area contributed by atoms with Gasteiger partial charge in [-0.25, -0.2) is 9.97 Å². The van der Waals surface area contributed by atoms with Gasteiger partial charge in [0.15, 0.2) is 5.76 Å². The largest absolute Gasteiger partial charge is 0.497 e. The average Bonchev–Trinajstić information content (AvgIpc) is 3.38. The second-order valence-electron chi connectivity index (χ2n) is 6.53. The van der Waals surface area contributed by atoms with Crippen molar-refractivity contribution in [3.05, 3.63) is 53.5 Å². The van der Waals surface area contributed by atoms with Gasteiger partial charge in [-0.3, -0.25) is 0 Å². The summed E-state index contributed by atoms with van der Waals surface area (Å²) in [5, 5.41) is 7.26. The minimum atomic E-state index is -0.0502. The van der Waals surface area contributed by atoms with E-state index in [-0.39, 0.29) is 6.10 Å². The van der Waals surface area contributed by atoms with Crippen LogP contribution in [0.5, 0.6) is 5.75 Å². The molecule has 1 aliphatic rings. The normalized spacial score (nSPS) is 16.4. The quantitative estimate of drug-likeness (QED) is 0.708. The molecule has 0 unspecified atom stereocenters. The third kappa shape index (κ3) is 3.93. The number of aromatic nitrogens is 3. The van der Waals surface area contributed by atoms with Crippen LogP contribution in [0, 0.1) is 6.92 Å². The maximum Gasteiger partial charge on any atom is 0.223 e. The van der Waals surface area contributed by atoms with Crippen molar-refractivity contribution in [2.24, 2.45) is 0 Å². The molecule has 4 rings (SSSR count). The number of ether oxygens (including phenoxy) is 2. The van der Waals surface area contributed by atoms with Gasteiger partial charge in [0.05, 0.1) is 24.1 Å². The van der Waals surface area contributed by atoms with Gasteiger partial charge in [-0.2, -0.15) is 0 Å². The van der Waals surface area contributed by atoms with Crippen LogP contribution in [0.1, 0.15) is 35.9 Å². The van der Waals surface area contributed by atoms with Crippen molar-refractivity contribution in [1.29, 1.82) is 0 Å². The number of rotatable bonds is 6. The third-order valence-corrected chi connectivity index (χ3v) is 4.53. The Labute approximate surface area is 157 Å². The number of hydrogen-bond donors (Lipinski definition) is 1. The van der Waals surface area contributed by atoms with Crippen molar-refractivity contribution in [2.45, 2.75) is 32.4 Å². The number of aryl methyl sites for hydroxylation is 1. The van der Waals surface area contributed by atoms with Crippen LogP contribution in [0.25, 0.3) is 11.3 Å². The van der Waals surface area contributed by atoms with Gasteiger partial charge in [0.25, 0.3) is 0 Å². The first-order chi connectivity index (χ1) is 13.2. The first-order valence-corrected chi connectivity index (χ1v) is 9.02. The van der Waals surface area contributed by atoms with Gasteiger partial charge in [-0.1, -0.05) is 17.3 Å². The van der Waals surface area contributed by atoms with Gasteiger partial charge >= 0.3 is 0 Å². The minimum Gasteiger partial charge on any atom is -0.497 e. The summed E-state index contributed by atoms with van der Waals surface area (Å²) in [7, 11) is 1.66. The van der Waals surface area contributed by atoms with Crippen molar-refractivity contribution >= 4 is 5.95 Å². The van der Waals surface area contributed by atoms with Crippen LogP contribution in [0.3, 0.4) is 0 Å². The molecule has 0 amide bonds. The molecule has 0 saturated carbocycles. The lowest BCUT2D eigenvalue weighted by Crippen LogP contribution is -2.09. The smallest absolute Gasteiger partial charge is 0.223 e. The first kappa shape index (κ1) is 17.5. The number of anilines is 1. The molecule has 0 spiro atoms. The monoisotopic (exact) mass is 366 g/mol. The molecule has 140 valence electrons. The number of nitrogens with one attached hydrogen (secondary N) is 1. The highest BCUT2D eigenvalue weighted by Crippen LogP contribution is 2.34. The van der Waals surface area contributed by atoms with E-state index >= 15 is 0 Å². The van der Waals surface area contributed by atoms with Gasteiger partial charge < -0.3 is 19.3 Å². The van der Waals surface area contributed by atoms with Crippen LogP contribution in [0.2, 0.25) is 0 Å². The lowest BCUT2D eigenvalue weighted by Gasteiger charge is -2.14. The van der Waals surface area contributed by atoms with Gasteiger partial charge in [-0.05, 0) is 37.5 Å². The molecule has 0 radical (unpaired) electrons. The number of methoxy groups -OCH3 is 1. The summed E-state index contributed by atoms with van der Waals surface area (Å²) < 4.78 is 16.6. The van der Waals surface area contributed by atoms with E-state index in [1.54, 1.807) is 13.3 Å². The lowest BCUT2D eigenvalue weighted by atomic mass is 10.1. The zero-order valence-corrected chi connectivity index (χ0v) is 15.4. The Morgan fingerprint density at radius 2 is 2.22 bits per heavy atom. The van der Waals surface area contributed by atoms with Crippen molar-refractivity contribution in [3.8, 4) is 17.1 Å². The summed E-state index contributed by atoms with van der Waals surface area (Å²) in [6, 6.07) is 9.79. The Morgan fingerprint density at radius 1 is 1.30 bits per heavy atom. The van der Waals surface area contributed by atoms with Gasteiger partial charge in [0.1, 0.15) is 11.9 Å². The number of nitrogens with zero attached hydrogens (tertiary/aromatic N) is 3. The van der Waals surface area contributed by atoms with E-state index in [2.05, 4.69) is 15.5 Å². The summed E-state index contributed by atoms with van der Waals surface area (Å²) in [5.41, 5.74) is 3.58. The highest BCUT2D eigenvalue weighted by atomic mass is 16.5. The first-order valence-electron chi connectivity index (χ1n) is 9.02. The van der Waals surface area contributed by atoms with Crippen molar-refractivity contribution in [1.82, 2.24) is 15.1 Å². The van der Waals surface area contributed by atoms with Crippen molar-refractivity contribution < 1.29 is 14.0 Å². The molecule has 1 aromatic carbocycles. The highest BCUT2D eigenvalue weighted by Gasteiger charge is 2.25. The molecule has 7 nitrogen and oxygen atoms in total. The Morgan fingerprint density at radius 3 is 2.96 bits per heavy atom. The molecular weight excluding hydrogens is 344 g/mol. The van der Waals surface area contributed by atoms with Gasteiger partial charge in [-0.15, -0.1) is 0 Å². The second-order valence-corrected chi connectivity index (χ2v) is 6.53. The van der Waals surface area contributed by atoms with Gasteiger partial charge in [0.2, 0.25) is 5.95 Å². The van der Waals surface area contributed by atoms with E-state index in [0.717, 1.165) is 47.7 Å². The standard InChI is InChI=1S/C20H22N4O3/c1-13-9-18(27-24-13)16-12-22-20(23-19(16)17-7-4-8-26-17)21-11-14-5-3-6-15(10-14)25-2/h3,5-6,9-10,12,17H,4,7-8,11H2,1-2H3,(H,21,22,23)/t17-/m1/s1. The zero-order valence-electron chi connectivity index (χ0n) is 15.4. The lowest BCUT2D eigenvalue weighted by molar-refractivity contribution is 0.109. The minimum absolute atomic E-state index is 0.0502. The van der Waals surface area contributed by atoms with Crippen LogP contribution in [0.15, 0.2) is 41.1 Å². The molecule has 0 aliphatic carbocycles. The van der Waals surface area contributed by atoms with E-state index in [9.17, 15) is 0 Å². The highest BCUT2D eigenvalue weighted by molar-refractivity contribution is 5.61. The summed E-state index contributed by atoms with van der Waals surface area (Å²) in [5.74, 6) is 2.05. The summed E-state index contributed by atoms with van der Waals surface area (Å²) in [4.78, 5) is 9.19. The van der Waals surface area contributed by atoms with Gasteiger partial charge in [0, 0.05) is 25.4 Å². The van der Waals surface area contributed by atoms with E-state index in [0.29, 0.717) is 18.3 Å². The summed E-state index contributed by atoms with van der Waals surface area (Å²) in [6.45, 7) is 3.24. The molecule has 3 aromatic rings. The molecule has 0 bridgehead atoms. The molecule has 1 N–H and O–H groups in total. The van der Waals surface area contributed by atoms with E-state index in [1.165, 1.54) is 0 Å². The zero-order chi connectivity index (χ0) is 18.6. The number of hydrogen-bond acceptors (Lipinski definition) is 7. The van der Waals surface area contributed by atoms with E-state index in [4.69, 9.17) is 19.0 Å². The molecule has 1 saturated heterocycles. The maximum atomic E-state index is 5.86. The fraction of sp³-hybridized carbons (Fsp3) is 0.350. The summed E-state index contributed by atoms with van der Waals surface area (Å²) >= 11 is 0. The predicted octanol–water partition coefficient (Wildman–Crippen LogP) is 3.91. The SMILES string of the molecule is COc1cccc(CNc2ncc(-c3cc(C)no3)c([C@H]3CCCO3)n2)c1. The predicted molar refractivity (Wildman–Crippen MR) is 101 cm³/mol. The maximum absolute atomic E-state index is 5.86. The van der Waals surface area contributed by atoms with Crippen LogP contribution in [-0.2, 0) is 11.3 Å². The van der Waals surface area contributed by atoms with Crippen LogP contribution < -0.4 is 10.1 Å². The second kappa shape index (κ2) is 7.75. The van der Waals surface area contributed by atoms with Crippen LogP contribution >= 0.6 is 0 Å². The van der Waals surface area contributed by atoms with Crippen LogP contribution in [0.4, 0.5) is 5.95 Å². The topological polar surface area (TPSA) is 82.3 Å². The number of benzene rings is 1. The molecule has 27 heavy (non-hydrogen) atoms. The molecular formula is C20H22N4O3. The summed E-state index contributed by atoms with van der Waals surface area (Å²) in [6.07, 6.45) is 3.69. The van der Waals surface area contributed by atoms with Crippen molar-refractivity contribution in [2.75, 3.05) is 19.0 Å². The van der Waals surface area contributed by atoms with Crippen molar-refractivity contribution in [3.63, 3.8) is 0 Å². The third-order valence-electron chi connectivity index (χ3n) is 4.53. The Hall–Kier alpha value is -2.93. The molecule has 7 heteroatoms. The molecule has 1 fully saturated rings.